The molecule has 1 aliphatic heterocycles. The van der Waals surface area contributed by atoms with Gasteiger partial charge in [0.2, 0.25) is 0 Å². The van der Waals surface area contributed by atoms with Crippen LogP contribution in [0.5, 0.6) is 5.75 Å². The van der Waals surface area contributed by atoms with Crippen molar-refractivity contribution in [2.75, 3.05) is 33.3 Å². The van der Waals surface area contributed by atoms with Crippen LogP contribution in [0, 0.1) is 4.77 Å². The van der Waals surface area contributed by atoms with Crippen molar-refractivity contribution in [1.82, 2.24) is 24.1 Å². The molecule has 4 rings (SSSR count). The number of methoxy groups -OCH3 is 1. The third-order valence-corrected chi connectivity index (χ3v) is 5.74. The number of rotatable bonds is 6. The van der Waals surface area contributed by atoms with Gasteiger partial charge in [-0.05, 0) is 55.5 Å². The number of amides is 1. The Hall–Kier alpha value is -2.91. The Balaban J connectivity index is 1.40. The van der Waals surface area contributed by atoms with Gasteiger partial charge < -0.3 is 14.1 Å². The fourth-order valence-electron chi connectivity index (χ4n) is 3.60. The Morgan fingerprint density at radius 2 is 1.90 bits per heavy atom. The first-order chi connectivity index (χ1) is 14.6. The number of carbonyl (C=O) groups is 1. The Morgan fingerprint density at radius 1 is 1.17 bits per heavy atom. The van der Waals surface area contributed by atoms with Gasteiger partial charge in [0, 0.05) is 38.3 Å². The largest absolute Gasteiger partial charge is 0.497 e. The Labute approximate surface area is 180 Å². The molecule has 0 spiro atoms. The maximum Gasteiger partial charge on any atom is 0.253 e. The summed E-state index contributed by atoms with van der Waals surface area (Å²) < 4.78 is 15.1. The predicted octanol–water partition coefficient (Wildman–Crippen LogP) is 3.12. The summed E-state index contributed by atoms with van der Waals surface area (Å²) in [6.07, 6.45) is 1.64. The molecule has 8 nitrogen and oxygen atoms in total. The van der Waals surface area contributed by atoms with Gasteiger partial charge in [-0.1, -0.05) is 0 Å². The number of furan rings is 1. The first kappa shape index (κ1) is 20.4. The molecule has 2 aromatic heterocycles. The van der Waals surface area contributed by atoms with E-state index in [2.05, 4.69) is 10.00 Å². The molecule has 0 N–H and O–H groups in total. The maximum atomic E-state index is 12.8. The average Bonchev–Trinajstić information content (AvgIpc) is 3.42. The molecular formula is C21H25N5O3S. The average molecular weight is 428 g/mol. The monoisotopic (exact) mass is 427 g/mol. The van der Waals surface area contributed by atoms with Gasteiger partial charge in [-0.3, -0.25) is 14.3 Å². The summed E-state index contributed by atoms with van der Waals surface area (Å²) in [6.45, 7) is 6.20. The van der Waals surface area contributed by atoms with Gasteiger partial charge in [0.05, 0.1) is 20.0 Å². The Kier molecular flexibility index (Phi) is 6.01. The van der Waals surface area contributed by atoms with Crippen LogP contribution in [0.2, 0.25) is 0 Å². The van der Waals surface area contributed by atoms with Gasteiger partial charge in [0.1, 0.15) is 5.75 Å². The zero-order valence-electron chi connectivity index (χ0n) is 17.2. The summed E-state index contributed by atoms with van der Waals surface area (Å²) in [7, 11) is 1.61. The van der Waals surface area contributed by atoms with Crippen molar-refractivity contribution in [2.24, 2.45) is 0 Å². The molecule has 0 saturated carbocycles. The fraction of sp³-hybridized carbons (Fsp3) is 0.381. The molecule has 30 heavy (non-hydrogen) atoms. The minimum atomic E-state index is 0.0456. The van der Waals surface area contributed by atoms with Crippen LogP contribution in [0.4, 0.5) is 0 Å². The summed E-state index contributed by atoms with van der Waals surface area (Å²) in [4.78, 5) is 16.9. The highest BCUT2D eigenvalue weighted by atomic mass is 32.1. The molecule has 9 heteroatoms. The minimum Gasteiger partial charge on any atom is -0.497 e. The van der Waals surface area contributed by atoms with Crippen molar-refractivity contribution in [3.8, 4) is 17.3 Å². The van der Waals surface area contributed by atoms with Gasteiger partial charge in [0.25, 0.3) is 5.91 Å². The van der Waals surface area contributed by atoms with Gasteiger partial charge in [-0.15, -0.1) is 5.10 Å². The van der Waals surface area contributed by atoms with Gasteiger partial charge in [-0.2, -0.15) is 0 Å². The first-order valence-corrected chi connectivity index (χ1v) is 10.4. The van der Waals surface area contributed by atoms with E-state index in [-0.39, 0.29) is 5.91 Å². The van der Waals surface area contributed by atoms with Crippen LogP contribution in [0.1, 0.15) is 17.3 Å². The molecule has 1 saturated heterocycles. The first-order valence-electron chi connectivity index (χ1n) is 9.98. The fourth-order valence-corrected chi connectivity index (χ4v) is 3.92. The molecule has 0 radical (unpaired) electrons. The highest BCUT2D eigenvalue weighted by Crippen LogP contribution is 2.19. The lowest BCUT2D eigenvalue weighted by molar-refractivity contribution is 0.0585. The molecule has 0 aliphatic carbocycles. The van der Waals surface area contributed by atoms with Crippen LogP contribution in [0.25, 0.3) is 11.6 Å². The number of ether oxygens (including phenoxy) is 1. The van der Waals surface area contributed by atoms with Gasteiger partial charge in [-0.25, -0.2) is 4.68 Å². The minimum absolute atomic E-state index is 0.0456. The van der Waals surface area contributed by atoms with Gasteiger partial charge in [0.15, 0.2) is 16.4 Å². The maximum absolute atomic E-state index is 12.8. The van der Waals surface area contributed by atoms with E-state index in [0.717, 1.165) is 31.2 Å². The molecule has 0 bridgehead atoms. The topological polar surface area (TPSA) is 68.7 Å². The van der Waals surface area contributed by atoms with Crippen molar-refractivity contribution in [3.63, 3.8) is 0 Å². The summed E-state index contributed by atoms with van der Waals surface area (Å²) in [5.41, 5.74) is 0.677. The third-order valence-electron chi connectivity index (χ3n) is 5.31. The number of piperazine rings is 1. The van der Waals surface area contributed by atoms with E-state index in [4.69, 9.17) is 21.4 Å². The van der Waals surface area contributed by atoms with Crippen LogP contribution >= 0.6 is 12.2 Å². The molecule has 3 aromatic rings. The lowest BCUT2D eigenvalue weighted by Gasteiger charge is -2.34. The summed E-state index contributed by atoms with van der Waals surface area (Å²) in [5.74, 6) is 2.23. The van der Waals surface area contributed by atoms with E-state index < -0.39 is 0 Å². The van der Waals surface area contributed by atoms with E-state index >= 15 is 0 Å². The quantitative estimate of drug-likeness (QED) is 0.563. The second-order valence-corrected chi connectivity index (χ2v) is 7.47. The Morgan fingerprint density at radius 3 is 2.50 bits per heavy atom. The van der Waals surface area contributed by atoms with Crippen molar-refractivity contribution < 1.29 is 13.9 Å². The molecule has 1 aliphatic rings. The lowest BCUT2D eigenvalue weighted by atomic mass is 10.1. The van der Waals surface area contributed by atoms with E-state index in [1.807, 2.05) is 45.3 Å². The standard InChI is InChI=1S/C21H25N5O3S/c1-3-25-19(18-5-4-14-29-18)22-26(21(25)30)15-23-10-12-24(13-11-23)20(27)16-6-8-17(28-2)9-7-16/h4-9,14H,3,10-13,15H2,1-2H3. The molecule has 0 unspecified atom stereocenters. The number of hydrogen-bond acceptors (Lipinski definition) is 6. The van der Waals surface area contributed by atoms with Crippen molar-refractivity contribution >= 4 is 18.1 Å². The zero-order valence-corrected chi connectivity index (χ0v) is 18.0. The predicted molar refractivity (Wildman–Crippen MR) is 115 cm³/mol. The molecule has 1 aromatic carbocycles. The summed E-state index contributed by atoms with van der Waals surface area (Å²) in [5, 5.41) is 4.68. The van der Waals surface area contributed by atoms with Crippen LogP contribution in [0.3, 0.4) is 0 Å². The van der Waals surface area contributed by atoms with E-state index in [1.54, 1.807) is 25.5 Å². The van der Waals surface area contributed by atoms with Crippen LogP contribution in [-0.4, -0.2) is 63.3 Å². The Bertz CT molecular complexity index is 1050. The highest BCUT2D eigenvalue weighted by Gasteiger charge is 2.23. The number of carbonyl (C=O) groups excluding carboxylic acids is 1. The molecule has 0 atom stereocenters. The second-order valence-electron chi connectivity index (χ2n) is 7.11. The SMILES string of the molecule is CCn1c(-c2ccco2)nn(CN2CCN(C(=O)c3ccc(OC)cc3)CC2)c1=S. The number of benzene rings is 1. The molecule has 1 fully saturated rings. The third kappa shape index (κ3) is 4.03. The van der Waals surface area contributed by atoms with Crippen molar-refractivity contribution in [2.45, 2.75) is 20.1 Å². The summed E-state index contributed by atoms with van der Waals surface area (Å²) >= 11 is 5.62. The second kappa shape index (κ2) is 8.85. The zero-order chi connectivity index (χ0) is 21.1. The van der Waals surface area contributed by atoms with Gasteiger partial charge >= 0.3 is 0 Å². The number of hydrogen-bond donors (Lipinski definition) is 0. The molecular weight excluding hydrogens is 402 g/mol. The number of aromatic nitrogens is 3. The smallest absolute Gasteiger partial charge is 0.253 e. The lowest BCUT2D eigenvalue weighted by Crippen LogP contribution is -2.49. The van der Waals surface area contributed by atoms with Crippen molar-refractivity contribution in [3.05, 3.63) is 53.0 Å². The van der Waals surface area contributed by atoms with Crippen LogP contribution < -0.4 is 4.74 Å². The summed E-state index contributed by atoms with van der Waals surface area (Å²) in [6, 6.07) is 11.0. The van der Waals surface area contributed by atoms with E-state index in [1.165, 1.54) is 0 Å². The molecule has 158 valence electrons. The van der Waals surface area contributed by atoms with E-state index in [0.29, 0.717) is 35.9 Å². The van der Waals surface area contributed by atoms with Crippen LogP contribution in [0.15, 0.2) is 47.1 Å². The van der Waals surface area contributed by atoms with Crippen molar-refractivity contribution in [1.29, 1.82) is 0 Å². The van der Waals surface area contributed by atoms with Crippen LogP contribution in [-0.2, 0) is 13.2 Å². The molecule has 3 heterocycles. The molecule has 1 amide bonds. The van der Waals surface area contributed by atoms with E-state index in [9.17, 15) is 4.79 Å². The normalized spacial score (nSPS) is 14.8. The highest BCUT2D eigenvalue weighted by molar-refractivity contribution is 7.71. The number of nitrogens with zero attached hydrogens (tertiary/aromatic N) is 5.